The number of rotatable bonds is 2. The molecule has 1 aliphatic heterocycles. The predicted octanol–water partition coefficient (Wildman–Crippen LogP) is 3.08. The van der Waals surface area contributed by atoms with Crippen LogP contribution < -0.4 is 0 Å². The quantitative estimate of drug-likeness (QED) is 0.723. The maximum Gasteiger partial charge on any atom is 0.255 e. The first-order valence-electron chi connectivity index (χ1n) is 8.07. The van der Waals surface area contributed by atoms with Gasteiger partial charge in [-0.25, -0.2) is 9.37 Å². The van der Waals surface area contributed by atoms with Gasteiger partial charge in [0.2, 0.25) is 0 Å². The van der Waals surface area contributed by atoms with Gasteiger partial charge in [-0.1, -0.05) is 0 Å². The molecule has 0 radical (unpaired) electrons. The number of fused-ring (bicyclic) bond motifs is 1. The molecule has 1 saturated heterocycles. The van der Waals surface area contributed by atoms with Crippen molar-refractivity contribution >= 4 is 16.9 Å². The topological polar surface area (TPSA) is 61.9 Å². The van der Waals surface area contributed by atoms with Crippen molar-refractivity contribution in [1.29, 1.82) is 5.26 Å². The molecule has 1 atom stereocenters. The average molecular weight is 334 g/mol. The van der Waals surface area contributed by atoms with Gasteiger partial charge in [0, 0.05) is 30.0 Å². The number of aromatic nitrogens is 2. The highest BCUT2D eigenvalue weighted by molar-refractivity contribution is 5.97. The van der Waals surface area contributed by atoms with Crippen molar-refractivity contribution in [2.24, 2.45) is 0 Å². The van der Waals surface area contributed by atoms with E-state index < -0.39 is 6.17 Å². The van der Waals surface area contributed by atoms with E-state index in [4.69, 9.17) is 5.26 Å². The molecule has 0 saturated carbocycles. The maximum atomic E-state index is 13.3. The van der Waals surface area contributed by atoms with E-state index in [-0.39, 0.29) is 12.5 Å². The number of nitriles is 1. The monoisotopic (exact) mass is 334 g/mol. The Kier molecular flexibility index (Phi) is 3.69. The average Bonchev–Trinajstić information content (AvgIpc) is 3.27. The molecular weight excluding hydrogens is 319 g/mol. The van der Waals surface area contributed by atoms with E-state index in [9.17, 15) is 9.18 Å². The lowest BCUT2D eigenvalue weighted by Gasteiger charge is -2.15. The second-order valence-electron chi connectivity index (χ2n) is 6.12. The molecule has 0 unspecified atom stereocenters. The lowest BCUT2D eigenvalue weighted by molar-refractivity contribution is 0.0782. The number of hydrogen-bond donors (Lipinski definition) is 0. The van der Waals surface area contributed by atoms with Crippen LogP contribution in [0.3, 0.4) is 0 Å². The Morgan fingerprint density at radius 3 is 2.76 bits per heavy atom. The van der Waals surface area contributed by atoms with Crippen molar-refractivity contribution in [3.8, 4) is 11.8 Å². The van der Waals surface area contributed by atoms with E-state index in [1.807, 2.05) is 29.0 Å². The fourth-order valence-corrected chi connectivity index (χ4v) is 3.13. The Morgan fingerprint density at radius 2 is 2.08 bits per heavy atom. The third-order valence-corrected chi connectivity index (χ3v) is 4.47. The fraction of sp³-hybridized carbons (Fsp3) is 0.211. The van der Waals surface area contributed by atoms with Gasteiger partial charge in [-0.2, -0.15) is 5.26 Å². The Hall–Kier alpha value is -3.20. The zero-order chi connectivity index (χ0) is 17.4. The third kappa shape index (κ3) is 2.74. The van der Waals surface area contributed by atoms with E-state index in [0.29, 0.717) is 24.1 Å². The molecule has 1 aliphatic rings. The number of hydrogen-bond acceptors (Lipinski definition) is 3. The summed E-state index contributed by atoms with van der Waals surface area (Å²) in [7, 11) is 0. The molecule has 6 heteroatoms. The highest BCUT2D eigenvalue weighted by Gasteiger charge is 2.27. The summed E-state index contributed by atoms with van der Waals surface area (Å²) in [6.07, 6.45) is 2.88. The molecule has 3 aromatic rings. The molecule has 3 heterocycles. The first-order chi connectivity index (χ1) is 12.2. The normalized spacial score (nSPS) is 17.0. The van der Waals surface area contributed by atoms with Gasteiger partial charge >= 0.3 is 0 Å². The first-order valence-corrected chi connectivity index (χ1v) is 8.07. The maximum absolute atomic E-state index is 13.3. The van der Waals surface area contributed by atoms with Crippen molar-refractivity contribution in [3.63, 3.8) is 0 Å². The lowest BCUT2D eigenvalue weighted by atomic mass is 10.2. The number of alkyl halides is 1. The van der Waals surface area contributed by atoms with Crippen molar-refractivity contribution in [3.05, 3.63) is 59.9 Å². The van der Waals surface area contributed by atoms with Crippen LogP contribution in [-0.4, -0.2) is 39.6 Å². The van der Waals surface area contributed by atoms with Crippen LogP contribution in [0, 0.1) is 11.3 Å². The summed E-state index contributed by atoms with van der Waals surface area (Å²) < 4.78 is 15.2. The van der Waals surface area contributed by atoms with E-state index >= 15 is 0 Å². The molecule has 0 bridgehead atoms. The van der Waals surface area contributed by atoms with Crippen molar-refractivity contribution < 1.29 is 9.18 Å². The van der Waals surface area contributed by atoms with Gasteiger partial charge in [-0.05, 0) is 42.8 Å². The van der Waals surface area contributed by atoms with E-state index in [2.05, 4.69) is 11.1 Å². The molecule has 124 valence electrons. The summed E-state index contributed by atoms with van der Waals surface area (Å²) >= 11 is 0. The van der Waals surface area contributed by atoms with Gasteiger partial charge in [0.1, 0.15) is 11.8 Å². The largest absolute Gasteiger partial charge is 0.336 e. The van der Waals surface area contributed by atoms with Crippen molar-refractivity contribution in [2.75, 3.05) is 13.1 Å². The summed E-state index contributed by atoms with van der Waals surface area (Å²) in [6.45, 7) is 0.605. The minimum absolute atomic E-state index is 0.156. The van der Waals surface area contributed by atoms with Crippen LogP contribution in [-0.2, 0) is 0 Å². The van der Waals surface area contributed by atoms with Crippen LogP contribution in [0.15, 0.2) is 48.8 Å². The standard InChI is InChI=1S/C19H15FN4O/c20-16-6-7-23(12-16)19(25)15-9-14-5-8-24(18(14)22-11-15)17-3-1-13(10-21)2-4-17/h1-5,8-9,11,16H,6-7,12H2/t16-/m1/s1. The summed E-state index contributed by atoms with van der Waals surface area (Å²) in [5.74, 6) is -0.180. The molecule has 0 N–H and O–H groups in total. The number of amides is 1. The fourth-order valence-electron chi connectivity index (χ4n) is 3.13. The number of carbonyl (C=O) groups excluding carboxylic acids is 1. The molecule has 0 aliphatic carbocycles. The molecule has 4 rings (SSSR count). The molecule has 2 aromatic heterocycles. The Balaban J connectivity index is 1.67. The molecule has 1 fully saturated rings. The zero-order valence-corrected chi connectivity index (χ0v) is 13.4. The third-order valence-electron chi connectivity index (χ3n) is 4.47. The first kappa shape index (κ1) is 15.3. The highest BCUT2D eigenvalue weighted by atomic mass is 19.1. The number of carbonyl (C=O) groups is 1. The minimum atomic E-state index is -0.932. The minimum Gasteiger partial charge on any atom is -0.336 e. The zero-order valence-electron chi connectivity index (χ0n) is 13.4. The molecular formula is C19H15FN4O. The van der Waals surface area contributed by atoms with E-state index in [1.165, 1.54) is 11.1 Å². The second kappa shape index (κ2) is 6.02. The van der Waals surface area contributed by atoms with Gasteiger partial charge in [0.05, 0.1) is 23.7 Å². The number of nitrogens with zero attached hydrogens (tertiary/aromatic N) is 4. The second-order valence-corrected chi connectivity index (χ2v) is 6.12. The predicted molar refractivity (Wildman–Crippen MR) is 91.2 cm³/mol. The molecule has 1 aromatic carbocycles. The van der Waals surface area contributed by atoms with Crippen LogP contribution in [0.1, 0.15) is 22.3 Å². The van der Waals surface area contributed by atoms with Crippen LogP contribution in [0.5, 0.6) is 0 Å². The molecule has 25 heavy (non-hydrogen) atoms. The van der Waals surface area contributed by atoms with Gasteiger partial charge in [-0.15, -0.1) is 0 Å². The van der Waals surface area contributed by atoms with Crippen LogP contribution in [0.25, 0.3) is 16.7 Å². The Labute approximate surface area is 143 Å². The Morgan fingerprint density at radius 1 is 1.28 bits per heavy atom. The SMILES string of the molecule is N#Cc1ccc(-n2ccc3cc(C(=O)N4CC[C@@H](F)C4)cnc32)cc1. The van der Waals surface area contributed by atoms with Gasteiger partial charge in [-0.3, -0.25) is 4.79 Å². The molecule has 5 nitrogen and oxygen atoms in total. The summed E-state index contributed by atoms with van der Waals surface area (Å²) in [5.41, 5.74) is 2.68. The Bertz CT molecular complexity index is 987. The number of halogens is 1. The number of likely N-dealkylation sites (tertiary alicyclic amines) is 1. The van der Waals surface area contributed by atoms with Gasteiger partial charge < -0.3 is 9.47 Å². The van der Waals surface area contributed by atoms with Crippen molar-refractivity contribution in [2.45, 2.75) is 12.6 Å². The van der Waals surface area contributed by atoms with Gasteiger partial charge in [0.15, 0.2) is 0 Å². The lowest BCUT2D eigenvalue weighted by Crippen LogP contribution is -2.29. The number of pyridine rings is 1. The molecule has 1 amide bonds. The van der Waals surface area contributed by atoms with Gasteiger partial charge in [0.25, 0.3) is 5.91 Å². The molecule has 0 spiro atoms. The highest BCUT2D eigenvalue weighted by Crippen LogP contribution is 2.22. The van der Waals surface area contributed by atoms with Crippen molar-refractivity contribution in [1.82, 2.24) is 14.5 Å². The van der Waals surface area contributed by atoms with Crippen LogP contribution in [0.4, 0.5) is 4.39 Å². The smallest absolute Gasteiger partial charge is 0.255 e. The number of benzene rings is 1. The van der Waals surface area contributed by atoms with E-state index in [0.717, 1.165) is 16.7 Å². The summed E-state index contributed by atoms with van der Waals surface area (Å²) in [6, 6.07) is 13.0. The van der Waals surface area contributed by atoms with Crippen LogP contribution in [0.2, 0.25) is 0 Å². The van der Waals surface area contributed by atoms with E-state index in [1.54, 1.807) is 18.2 Å². The summed E-state index contributed by atoms with van der Waals surface area (Å²) in [4.78, 5) is 18.4. The van der Waals surface area contributed by atoms with Crippen LogP contribution >= 0.6 is 0 Å². The summed E-state index contributed by atoms with van der Waals surface area (Å²) in [5, 5.41) is 9.73.